The zero-order valence-electron chi connectivity index (χ0n) is 12.0. The normalized spacial score (nSPS) is 11.4. The second-order valence-electron chi connectivity index (χ2n) is 5.16. The van der Waals surface area contributed by atoms with Gasteiger partial charge >= 0.3 is 5.97 Å². The van der Waals surface area contributed by atoms with E-state index in [-0.39, 0.29) is 22.7 Å². The Labute approximate surface area is 117 Å². The van der Waals surface area contributed by atoms with Gasteiger partial charge in [-0.3, -0.25) is 14.2 Å². The Morgan fingerprint density at radius 3 is 2.63 bits per heavy atom. The Hall–Kier alpha value is -1.30. The highest BCUT2D eigenvalue weighted by Crippen LogP contribution is 2.21. The molecule has 0 fully saturated rings. The van der Waals surface area contributed by atoms with Crippen molar-refractivity contribution in [1.29, 1.82) is 0 Å². The minimum atomic E-state index is -0.303. The third-order valence-electron chi connectivity index (χ3n) is 2.49. The molecule has 0 unspecified atom stereocenters. The fraction of sp³-hybridized carbons (Fsp3) is 0.615. The lowest BCUT2D eigenvalue weighted by Crippen LogP contribution is -2.25. The minimum Gasteiger partial charge on any atom is -0.465 e. The van der Waals surface area contributed by atoms with E-state index in [2.05, 4.69) is 4.98 Å². The molecule has 0 radical (unpaired) electrons. The number of ether oxygens (including phenoxy) is 1. The van der Waals surface area contributed by atoms with Crippen LogP contribution in [0, 0.1) is 0 Å². The summed E-state index contributed by atoms with van der Waals surface area (Å²) in [6.45, 7) is 8.10. The van der Waals surface area contributed by atoms with Crippen molar-refractivity contribution < 1.29 is 9.53 Å². The summed E-state index contributed by atoms with van der Waals surface area (Å²) >= 11 is 1.22. The smallest absolute Gasteiger partial charge is 0.316 e. The second kappa shape index (κ2) is 6.23. The Morgan fingerprint density at radius 1 is 1.47 bits per heavy atom. The number of carbonyl (C=O) groups is 1. The number of hydrogen-bond acceptors (Lipinski definition) is 5. The van der Waals surface area contributed by atoms with Crippen molar-refractivity contribution in [2.75, 3.05) is 12.4 Å². The van der Waals surface area contributed by atoms with E-state index < -0.39 is 0 Å². The fourth-order valence-corrected chi connectivity index (χ4v) is 2.13. The first-order valence-electron chi connectivity index (χ1n) is 6.12. The van der Waals surface area contributed by atoms with E-state index in [0.29, 0.717) is 11.8 Å². The Bertz CT molecular complexity index is 518. The number of thioether (sulfide) groups is 1. The molecule has 0 amide bonds. The quantitative estimate of drug-likeness (QED) is 0.479. The molecule has 0 saturated heterocycles. The number of carbonyl (C=O) groups excluding carboxylic acids is 1. The molecule has 0 aliphatic carbocycles. The Morgan fingerprint density at radius 2 is 2.11 bits per heavy atom. The maximum absolute atomic E-state index is 11.9. The van der Waals surface area contributed by atoms with Gasteiger partial charge in [-0.05, 0) is 6.92 Å². The number of esters is 1. The maximum atomic E-state index is 11.9. The van der Waals surface area contributed by atoms with Crippen LogP contribution in [-0.2, 0) is 22.0 Å². The van der Waals surface area contributed by atoms with Crippen molar-refractivity contribution in [1.82, 2.24) is 9.55 Å². The first kappa shape index (κ1) is 15.8. The van der Waals surface area contributed by atoms with E-state index in [1.54, 1.807) is 14.0 Å². The van der Waals surface area contributed by atoms with Gasteiger partial charge in [-0.15, -0.1) is 0 Å². The number of rotatable bonds is 4. The monoisotopic (exact) mass is 284 g/mol. The molecule has 1 rings (SSSR count). The van der Waals surface area contributed by atoms with Crippen LogP contribution >= 0.6 is 11.8 Å². The summed E-state index contributed by atoms with van der Waals surface area (Å²) in [5.41, 5.74) is 0.403. The van der Waals surface area contributed by atoms with Gasteiger partial charge in [0.05, 0.1) is 18.1 Å². The lowest BCUT2D eigenvalue weighted by atomic mass is 9.92. The van der Waals surface area contributed by atoms with Gasteiger partial charge in [-0.2, -0.15) is 0 Å². The van der Waals surface area contributed by atoms with Gasteiger partial charge in [-0.1, -0.05) is 32.5 Å². The van der Waals surface area contributed by atoms with Gasteiger partial charge in [0, 0.05) is 18.5 Å². The lowest BCUT2D eigenvalue weighted by Gasteiger charge is -2.19. The van der Waals surface area contributed by atoms with Gasteiger partial charge in [-0.25, -0.2) is 4.98 Å². The second-order valence-corrected chi connectivity index (χ2v) is 6.11. The highest BCUT2D eigenvalue weighted by atomic mass is 32.2. The molecule has 0 saturated carbocycles. The molecule has 6 heteroatoms. The molecule has 1 heterocycles. The molecule has 5 nitrogen and oxygen atoms in total. The Balaban J connectivity index is 2.97. The van der Waals surface area contributed by atoms with Crippen LogP contribution in [0.15, 0.2) is 16.0 Å². The average Bonchev–Trinajstić information content (AvgIpc) is 2.30. The molecular weight excluding hydrogens is 264 g/mol. The van der Waals surface area contributed by atoms with Crippen molar-refractivity contribution in [2.24, 2.45) is 7.05 Å². The van der Waals surface area contributed by atoms with Gasteiger partial charge in [0.25, 0.3) is 5.56 Å². The van der Waals surface area contributed by atoms with Crippen LogP contribution in [0.4, 0.5) is 0 Å². The van der Waals surface area contributed by atoms with Crippen molar-refractivity contribution in [3.8, 4) is 0 Å². The van der Waals surface area contributed by atoms with Crippen LogP contribution in [0.25, 0.3) is 0 Å². The van der Waals surface area contributed by atoms with E-state index in [9.17, 15) is 9.59 Å². The number of nitrogens with zero attached hydrogens (tertiary/aromatic N) is 2. The van der Waals surface area contributed by atoms with Crippen LogP contribution in [-0.4, -0.2) is 27.9 Å². The van der Waals surface area contributed by atoms with E-state index in [4.69, 9.17) is 4.74 Å². The largest absolute Gasteiger partial charge is 0.465 e. The van der Waals surface area contributed by atoms with Crippen molar-refractivity contribution in [3.05, 3.63) is 22.1 Å². The first-order chi connectivity index (χ1) is 8.75. The molecule has 0 N–H and O–H groups in total. The highest BCUT2D eigenvalue weighted by Gasteiger charge is 2.19. The molecular formula is C13H20N2O3S. The van der Waals surface area contributed by atoms with Gasteiger partial charge in [0.15, 0.2) is 5.16 Å². The zero-order chi connectivity index (χ0) is 14.6. The SMILES string of the molecule is CCOC(=O)CSc1nc(C(C)(C)C)cc(=O)n1C. The van der Waals surface area contributed by atoms with E-state index in [1.165, 1.54) is 22.4 Å². The maximum Gasteiger partial charge on any atom is 0.316 e. The molecule has 1 aromatic heterocycles. The van der Waals surface area contributed by atoms with E-state index in [1.807, 2.05) is 20.8 Å². The molecule has 0 aliphatic rings. The third kappa shape index (κ3) is 4.38. The summed E-state index contributed by atoms with van der Waals surface area (Å²) in [5.74, 6) is -0.148. The molecule has 0 aromatic carbocycles. The van der Waals surface area contributed by atoms with Crippen molar-refractivity contribution in [2.45, 2.75) is 38.3 Å². The minimum absolute atomic E-state index is 0.119. The van der Waals surface area contributed by atoms with Crippen LogP contribution in [0.2, 0.25) is 0 Å². The molecule has 0 atom stereocenters. The molecule has 0 bridgehead atoms. The van der Waals surface area contributed by atoms with Crippen LogP contribution in [0.5, 0.6) is 0 Å². The first-order valence-corrected chi connectivity index (χ1v) is 7.11. The standard InChI is InChI=1S/C13H20N2O3S/c1-6-18-11(17)8-19-12-14-9(13(2,3)4)7-10(16)15(12)5/h7H,6,8H2,1-5H3. The van der Waals surface area contributed by atoms with Gasteiger partial charge in [0.1, 0.15) is 0 Å². The summed E-state index contributed by atoms with van der Waals surface area (Å²) in [6, 6.07) is 1.54. The summed E-state index contributed by atoms with van der Waals surface area (Å²) in [4.78, 5) is 27.7. The predicted molar refractivity (Wildman–Crippen MR) is 75.5 cm³/mol. The number of aromatic nitrogens is 2. The topological polar surface area (TPSA) is 61.2 Å². The third-order valence-corrected chi connectivity index (χ3v) is 3.49. The summed E-state index contributed by atoms with van der Waals surface area (Å²) in [7, 11) is 1.65. The summed E-state index contributed by atoms with van der Waals surface area (Å²) in [6.07, 6.45) is 0. The summed E-state index contributed by atoms with van der Waals surface area (Å²) < 4.78 is 6.30. The van der Waals surface area contributed by atoms with Crippen molar-refractivity contribution in [3.63, 3.8) is 0 Å². The average molecular weight is 284 g/mol. The van der Waals surface area contributed by atoms with Crippen LogP contribution in [0.1, 0.15) is 33.4 Å². The van der Waals surface area contributed by atoms with Crippen molar-refractivity contribution >= 4 is 17.7 Å². The van der Waals surface area contributed by atoms with E-state index in [0.717, 1.165) is 5.69 Å². The molecule has 19 heavy (non-hydrogen) atoms. The summed E-state index contributed by atoms with van der Waals surface area (Å²) in [5, 5.41) is 0.533. The van der Waals surface area contributed by atoms with Crippen LogP contribution in [0.3, 0.4) is 0 Å². The lowest BCUT2D eigenvalue weighted by molar-refractivity contribution is -0.139. The van der Waals surface area contributed by atoms with Crippen LogP contribution < -0.4 is 5.56 Å². The molecule has 0 aliphatic heterocycles. The number of hydrogen-bond donors (Lipinski definition) is 0. The van der Waals surface area contributed by atoms with Gasteiger partial charge in [0.2, 0.25) is 0 Å². The fourth-order valence-electron chi connectivity index (χ4n) is 1.36. The molecule has 106 valence electrons. The highest BCUT2D eigenvalue weighted by molar-refractivity contribution is 7.99. The Kier molecular flexibility index (Phi) is 5.17. The molecule has 1 aromatic rings. The molecule has 0 spiro atoms. The van der Waals surface area contributed by atoms with E-state index >= 15 is 0 Å². The zero-order valence-corrected chi connectivity index (χ0v) is 12.8. The predicted octanol–water partition coefficient (Wildman–Crippen LogP) is 1.73. The van der Waals surface area contributed by atoms with Gasteiger partial charge < -0.3 is 4.74 Å².